The number of carbonyl (C=O) groups is 2. The summed E-state index contributed by atoms with van der Waals surface area (Å²) in [6.45, 7) is 3.99. The Morgan fingerprint density at radius 3 is 2.36 bits per heavy atom. The highest BCUT2D eigenvalue weighted by atomic mass is 127. The number of benzene rings is 2. The van der Waals surface area contributed by atoms with Crippen LogP contribution in [0.4, 0.5) is 0 Å². The third-order valence-corrected chi connectivity index (χ3v) is 7.97. The number of nitrogens with zero attached hydrogens (tertiary/aromatic N) is 2. The highest BCUT2D eigenvalue weighted by Gasteiger charge is 2.23. The van der Waals surface area contributed by atoms with Gasteiger partial charge in [0.1, 0.15) is 29.4 Å². The summed E-state index contributed by atoms with van der Waals surface area (Å²) in [5.41, 5.74) is 2.47. The minimum absolute atomic E-state index is 0.0350. The molecule has 0 bridgehead atoms. The molecule has 0 aliphatic heterocycles. The van der Waals surface area contributed by atoms with Crippen LogP contribution in [0.15, 0.2) is 48.0 Å². The predicted molar refractivity (Wildman–Crippen MR) is 155 cm³/mol. The molecule has 182 valence electrons. The first kappa shape index (κ1) is 27.8. The Bertz CT molecular complexity index is 1390. The number of esters is 1. The van der Waals surface area contributed by atoms with E-state index in [1.807, 2.05) is 48.5 Å². The number of ether oxygens (including phenoxy) is 2. The third-order valence-electron chi connectivity index (χ3n) is 5.09. The van der Waals surface area contributed by atoms with Gasteiger partial charge in [0.25, 0.3) is 0 Å². The summed E-state index contributed by atoms with van der Waals surface area (Å²) >= 11 is 5.40. The molecule has 0 radical (unpaired) electrons. The standard InChI is InChI=1S/C27H20I2N2O4S/c1-3-34-27(33)26-16(2)20(14-31)24(36-26)12-23(32)19(13-30)9-18-10-21(28)25(22(29)11-18)35-15-17-7-5-4-6-8-17/h4-11H,3,12,15H2,1-2H3/b19-9+. The molecule has 9 heteroatoms. The van der Waals surface area contributed by atoms with Gasteiger partial charge >= 0.3 is 5.97 Å². The van der Waals surface area contributed by atoms with E-state index in [2.05, 4.69) is 51.3 Å². The van der Waals surface area contributed by atoms with Gasteiger partial charge < -0.3 is 9.47 Å². The molecule has 1 aromatic heterocycles. The van der Waals surface area contributed by atoms with Crippen LogP contribution >= 0.6 is 56.5 Å². The first-order valence-corrected chi connectivity index (χ1v) is 13.8. The molecule has 3 aromatic rings. The SMILES string of the molecule is CCOC(=O)c1sc(CC(=O)/C(C#N)=C/c2cc(I)c(OCc3ccccc3)c(I)c2)c(C#N)c1C. The van der Waals surface area contributed by atoms with Crippen molar-refractivity contribution in [3.63, 3.8) is 0 Å². The normalized spacial score (nSPS) is 10.9. The fourth-order valence-corrected chi connectivity index (χ4v) is 6.62. The van der Waals surface area contributed by atoms with Crippen LogP contribution in [-0.2, 0) is 22.6 Å². The summed E-state index contributed by atoms with van der Waals surface area (Å²) in [6, 6.07) is 17.6. The van der Waals surface area contributed by atoms with Crippen molar-refractivity contribution in [2.45, 2.75) is 26.9 Å². The second kappa shape index (κ2) is 13.0. The van der Waals surface area contributed by atoms with Crippen molar-refractivity contribution >= 4 is 74.3 Å². The molecule has 1 heterocycles. The summed E-state index contributed by atoms with van der Waals surface area (Å²) in [5.74, 6) is -0.216. The number of thiophene rings is 1. The van der Waals surface area contributed by atoms with Crippen molar-refractivity contribution in [3.8, 4) is 17.9 Å². The van der Waals surface area contributed by atoms with E-state index < -0.39 is 11.8 Å². The minimum Gasteiger partial charge on any atom is -0.487 e. The first-order valence-electron chi connectivity index (χ1n) is 10.8. The Labute approximate surface area is 240 Å². The second-order valence-corrected chi connectivity index (χ2v) is 11.0. The molecule has 0 aliphatic carbocycles. The van der Waals surface area contributed by atoms with Gasteiger partial charge in [-0.05, 0) is 93.9 Å². The maximum atomic E-state index is 13.0. The number of ketones is 1. The lowest BCUT2D eigenvalue weighted by Gasteiger charge is -2.12. The smallest absolute Gasteiger partial charge is 0.348 e. The third kappa shape index (κ3) is 6.72. The van der Waals surface area contributed by atoms with E-state index in [1.165, 1.54) is 6.08 Å². The maximum Gasteiger partial charge on any atom is 0.348 e. The minimum atomic E-state index is -0.523. The molecule has 0 amide bonds. The van der Waals surface area contributed by atoms with Crippen LogP contribution in [0.3, 0.4) is 0 Å². The van der Waals surface area contributed by atoms with Gasteiger partial charge in [-0.2, -0.15) is 10.5 Å². The fourth-order valence-electron chi connectivity index (χ4n) is 3.35. The number of carbonyl (C=O) groups excluding carboxylic acids is 2. The molecule has 0 saturated carbocycles. The topological polar surface area (TPSA) is 100 Å². The summed E-state index contributed by atoms with van der Waals surface area (Å²) in [4.78, 5) is 25.9. The van der Waals surface area contributed by atoms with E-state index in [9.17, 15) is 20.1 Å². The van der Waals surface area contributed by atoms with Crippen LogP contribution in [-0.4, -0.2) is 18.4 Å². The Kier molecular flexibility index (Phi) is 10.0. The summed E-state index contributed by atoms with van der Waals surface area (Å²) in [7, 11) is 0. The van der Waals surface area contributed by atoms with Gasteiger partial charge in [-0.25, -0.2) is 4.79 Å². The Hall–Kier alpha value is -2.74. The van der Waals surface area contributed by atoms with E-state index in [0.29, 0.717) is 27.5 Å². The highest BCUT2D eigenvalue weighted by Crippen LogP contribution is 2.32. The maximum absolute atomic E-state index is 13.0. The van der Waals surface area contributed by atoms with Crippen molar-refractivity contribution in [2.75, 3.05) is 6.61 Å². The summed E-state index contributed by atoms with van der Waals surface area (Å²) in [6.07, 6.45) is 1.38. The molecule has 0 fully saturated rings. The fraction of sp³-hybridized carbons (Fsp3) is 0.185. The van der Waals surface area contributed by atoms with Gasteiger partial charge in [0, 0.05) is 11.3 Å². The predicted octanol–water partition coefficient (Wildman–Crippen LogP) is 6.61. The number of halogens is 2. The van der Waals surface area contributed by atoms with E-state index in [1.54, 1.807) is 13.8 Å². The Morgan fingerprint density at radius 1 is 1.11 bits per heavy atom. The average Bonchev–Trinajstić information content (AvgIpc) is 3.17. The van der Waals surface area contributed by atoms with Crippen molar-refractivity contribution in [3.05, 3.63) is 87.2 Å². The highest BCUT2D eigenvalue weighted by molar-refractivity contribution is 14.1. The molecule has 2 aromatic carbocycles. The molecule has 36 heavy (non-hydrogen) atoms. The van der Waals surface area contributed by atoms with Gasteiger partial charge in [0.2, 0.25) is 0 Å². The Balaban J connectivity index is 1.82. The zero-order valence-electron chi connectivity index (χ0n) is 19.4. The van der Waals surface area contributed by atoms with Crippen LogP contribution < -0.4 is 4.74 Å². The molecule has 0 aliphatic rings. The van der Waals surface area contributed by atoms with Crippen LogP contribution in [0.1, 0.15) is 43.7 Å². The second-order valence-electron chi connectivity index (χ2n) is 7.54. The van der Waals surface area contributed by atoms with Gasteiger partial charge in [-0.1, -0.05) is 30.3 Å². The molecule has 0 atom stereocenters. The number of hydrogen-bond donors (Lipinski definition) is 0. The van der Waals surface area contributed by atoms with E-state index in [-0.39, 0.29) is 24.2 Å². The number of rotatable bonds is 9. The molecule has 0 N–H and O–H groups in total. The van der Waals surface area contributed by atoms with Gasteiger partial charge in [-0.3, -0.25) is 4.79 Å². The molecule has 0 unspecified atom stereocenters. The Morgan fingerprint density at radius 2 is 1.78 bits per heavy atom. The number of hydrogen-bond acceptors (Lipinski definition) is 7. The van der Waals surface area contributed by atoms with Gasteiger partial charge in [0.15, 0.2) is 5.78 Å². The lowest BCUT2D eigenvalue weighted by Crippen LogP contribution is -2.05. The summed E-state index contributed by atoms with van der Waals surface area (Å²) in [5, 5.41) is 19.3. The van der Waals surface area contributed by atoms with Crippen LogP contribution in [0.2, 0.25) is 0 Å². The lowest BCUT2D eigenvalue weighted by atomic mass is 10.0. The molecule has 0 saturated heterocycles. The number of nitriles is 2. The van der Waals surface area contributed by atoms with Crippen molar-refractivity contribution < 1.29 is 19.1 Å². The summed E-state index contributed by atoms with van der Waals surface area (Å²) < 4.78 is 12.8. The number of Topliss-reactive ketones (excluding diaryl/α,β-unsaturated/α-hetero) is 1. The molecule has 3 rings (SSSR count). The molecular formula is C27H20I2N2O4S. The van der Waals surface area contributed by atoms with Crippen LogP contribution in [0.5, 0.6) is 5.75 Å². The van der Waals surface area contributed by atoms with Crippen LogP contribution in [0.25, 0.3) is 6.08 Å². The van der Waals surface area contributed by atoms with E-state index >= 15 is 0 Å². The molecular weight excluding hydrogens is 702 g/mol. The number of allylic oxidation sites excluding steroid dienone is 1. The first-order chi connectivity index (χ1) is 17.3. The lowest BCUT2D eigenvalue weighted by molar-refractivity contribution is -0.114. The largest absolute Gasteiger partial charge is 0.487 e. The average molecular weight is 722 g/mol. The monoisotopic (exact) mass is 722 g/mol. The molecule has 0 spiro atoms. The van der Waals surface area contributed by atoms with Gasteiger partial charge in [0.05, 0.1) is 24.9 Å². The van der Waals surface area contributed by atoms with Crippen LogP contribution in [0, 0.1) is 36.7 Å². The van der Waals surface area contributed by atoms with Crippen molar-refractivity contribution in [1.29, 1.82) is 10.5 Å². The van der Waals surface area contributed by atoms with Crippen molar-refractivity contribution in [2.24, 2.45) is 0 Å². The zero-order valence-corrected chi connectivity index (χ0v) is 24.6. The quantitative estimate of drug-likeness (QED) is 0.107. The van der Waals surface area contributed by atoms with E-state index in [4.69, 9.17) is 9.47 Å². The van der Waals surface area contributed by atoms with Crippen molar-refractivity contribution in [1.82, 2.24) is 0 Å². The van der Waals surface area contributed by atoms with Gasteiger partial charge in [-0.15, -0.1) is 11.3 Å². The van der Waals surface area contributed by atoms with E-state index in [0.717, 1.165) is 29.8 Å². The molecule has 6 nitrogen and oxygen atoms in total. The zero-order chi connectivity index (χ0) is 26.2.